The van der Waals surface area contributed by atoms with Gasteiger partial charge in [0.25, 0.3) is 0 Å². The first-order chi connectivity index (χ1) is 9.90. The van der Waals surface area contributed by atoms with Gasteiger partial charge in [0.15, 0.2) is 0 Å². The molecule has 1 aliphatic rings. The van der Waals surface area contributed by atoms with Crippen molar-refractivity contribution in [2.24, 2.45) is 5.92 Å². The summed E-state index contributed by atoms with van der Waals surface area (Å²) in [6.45, 7) is 0.742. The number of nitrogens with one attached hydrogen (secondary N) is 1. The van der Waals surface area contributed by atoms with E-state index in [2.05, 4.69) is 5.32 Å². The molecule has 1 amide bonds. The number of amides is 1. The maximum Gasteiger partial charge on any atom is 0.228 e. The highest BCUT2D eigenvalue weighted by atomic mass is 32.2. The van der Waals surface area contributed by atoms with Gasteiger partial charge < -0.3 is 10.1 Å². The van der Waals surface area contributed by atoms with E-state index in [4.69, 9.17) is 4.74 Å². The predicted molar refractivity (Wildman–Crippen MR) is 80.8 cm³/mol. The van der Waals surface area contributed by atoms with Crippen LogP contribution in [0.25, 0.3) is 0 Å². The minimum absolute atomic E-state index is 0.145. The lowest BCUT2D eigenvalue weighted by Crippen LogP contribution is -2.43. The number of carbonyl (C=O) groups excluding carboxylic acids is 1. The maximum absolute atomic E-state index is 12.2. The van der Waals surface area contributed by atoms with Gasteiger partial charge in [0.2, 0.25) is 15.9 Å². The number of benzene rings is 1. The standard InChI is InChI=1S/C14H20N2O4S/c1-20-13-7-5-12(6-8-13)15-14(17)11-4-3-9-16(10-11)21(2,18)19/h5-8,11H,3-4,9-10H2,1-2H3,(H,15,17)/t11-/m1/s1. The van der Waals surface area contributed by atoms with Crippen molar-refractivity contribution in [3.05, 3.63) is 24.3 Å². The highest BCUT2D eigenvalue weighted by molar-refractivity contribution is 7.88. The summed E-state index contributed by atoms with van der Waals surface area (Å²) in [4.78, 5) is 12.2. The lowest BCUT2D eigenvalue weighted by molar-refractivity contribution is -0.120. The molecular formula is C14H20N2O4S. The van der Waals surface area contributed by atoms with Crippen molar-refractivity contribution in [3.63, 3.8) is 0 Å². The van der Waals surface area contributed by atoms with E-state index < -0.39 is 10.0 Å². The quantitative estimate of drug-likeness (QED) is 0.909. The zero-order chi connectivity index (χ0) is 15.5. The molecule has 6 nitrogen and oxygen atoms in total. The van der Waals surface area contributed by atoms with Crippen LogP contribution in [-0.4, -0.2) is 45.1 Å². The molecule has 0 saturated carbocycles. The van der Waals surface area contributed by atoms with Gasteiger partial charge in [0, 0.05) is 18.8 Å². The topological polar surface area (TPSA) is 75.7 Å². The largest absolute Gasteiger partial charge is 0.497 e. The van der Waals surface area contributed by atoms with E-state index in [1.54, 1.807) is 31.4 Å². The van der Waals surface area contributed by atoms with Gasteiger partial charge in [-0.15, -0.1) is 0 Å². The fourth-order valence-electron chi connectivity index (χ4n) is 2.38. The van der Waals surface area contributed by atoms with Crippen molar-refractivity contribution in [3.8, 4) is 5.75 Å². The molecule has 7 heteroatoms. The molecule has 1 aliphatic heterocycles. The molecule has 0 aromatic heterocycles. The Bertz CT molecular complexity index is 598. The average molecular weight is 312 g/mol. The van der Waals surface area contributed by atoms with Crippen molar-refractivity contribution in [2.45, 2.75) is 12.8 Å². The fourth-order valence-corrected chi connectivity index (χ4v) is 3.29. The summed E-state index contributed by atoms with van der Waals surface area (Å²) in [6, 6.07) is 7.04. The van der Waals surface area contributed by atoms with Crippen LogP contribution in [0.1, 0.15) is 12.8 Å². The van der Waals surface area contributed by atoms with E-state index >= 15 is 0 Å². The molecule has 2 rings (SSSR count). The van der Waals surface area contributed by atoms with Crippen molar-refractivity contribution >= 4 is 21.6 Å². The predicted octanol–water partition coefficient (Wildman–Crippen LogP) is 1.31. The van der Waals surface area contributed by atoms with Crippen LogP contribution in [0.5, 0.6) is 5.75 Å². The van der Waals surface area contributed by atoms with Gasteiger partial charge in [-0.3, -0.25) is 4.79 Å². The third-order valence-electron chi connectivity index (χ3n) is 3.58. The highest BCUT2D eigenvalue weighted by Crippen LogP contribution is 2.21. The van der Waals surface area contributed by atoms with Crippen LogP contribution in [-0.2, 0) is 14.8 Å². The van der Waals surface area contributed by atoms with Gasteiger partial charge in [-0.1, -0.05) is 0 Å². The third kappa shape index (κ3) is 4.18. The first-order valence-corrected chi connectivity index (χ1v) is 8.65. The third-order valence-corrected chi connectivity index (χ3v) is 4.85. The first kappa shape index (κ1) is 15.8. The lowest BCUT2D eigenvalue weighted by atomic mass is 9.99. The summed E-state index contributed by atoms with van der Waals surface area (Å²) in [5.41, 5.74) is 0.678. The summed E-state index contributed by atoms with van der Waals surface area (Å²) >= 11 is 0. The van der Waals surface area contributed by atoms with Crippen LogP contribution < -0.4 is 10.1 Å². The average Bonchev–Trinajstić information content (AvgIpc) is 2.47. The van der Waals surface area contributed by atoms with Crippen LogP contribution in [0.3, 0.4) is 0 Å². The van der Waals surface area contributed by atoms with Crippen molar-refractivity contribution in [1.29, 1.82) is 0 Å². The molecule has 1 N–H and O–H groups in total. The van der Waals surface area contributed by atoms with Crippen LogP contribution in [0.4, 0.5) is 5.69 Å². The summed E-state index contributed by atoms with van der Waals surface area (Å²) in [6.07, 6.45) is 2.58. The molecule has 0 radical (unpaired) electrons. The number of methoxy groups -OCH3 is 1. The van der Waals surface area contributed by atoms with Gasteiger partial charge in [-0.2, -0.15) is 0 Å². The molecule has 1 aromatic carbocycles. The summed E-state index contributed by atoms with van der Waals surface area (Å²) in [5, 5.41) is 2.82. The number of rotatable bonds is 4. The number of hydrogen-bond donors (Lipinski definition) is 1. The van der Waals surface area contributed by atoms with E-state index in [1.165, 1.54) is 10.6 Å². The second kappa shape index (κ2) is 6.44. The first-order valence-electron chi connectivity index (χ1n) is 6.80. The number of ether oxygens (including phenoxy) is 1. The van der Waals surface area contributed by atoms with Crippen LogP contribution in [0.2, 0.25) is 0 Å². The Morgan fingerprint density at radius 1 is 1.33 bits per heavy atom. The normalized spacial score (nSPS) is 20.0. The minimum atomic E-state index is -3.24. The molecule has 1 aromatic rings. The Balaban J connectivity index is 1.99. The molecule has 1 atom stereocenters. The Morgan fingerprint density at radius 3 is 2.57 bits per heavy atom. The molecule has 1 saturated heterocycles. The Hall–Kier alpha value is -1.60. The molecular weight excluding hydrogens is 292 g/mol. The van der Waals surface area contributed by atoms with Gasteiger partial charge in [0.1, 0.15) is 5.75 Å². The molecule has 0 unspecified atom stereocenters. The van der Waals surface area contributed by atoms with E-state index in [1.807, 2.05) is 0 Å². The molecule has 1 fully saturated rings. The van der Waals surface area contributed by atoms with Crippen molar-refractivity contribution < 1.29 is 17.9 Å². The molecule has 0 spiro atoms. The Morgan fingerprint density at radius 2 is 2.00 bits per heavy atom. The lowest BCUT2D eigenvalue weighted by Gasteiger charge is -2.30. The number of hydrogen-bond acceptors (Lipinski definition) is 4. The SMILES string of the molecule is COc1ccc(NC(=O)[C@@H]2CCCN(S(C)(=O)=O)C2)cc1. The van der Waals surface area contributed by atoms with Gasteiger partial charge in [-0.25, -0.2) is 12.7 Å². The van der Waals surface area contributed by atoms with E-state index in [0.717, 1.165) is 0 Å². The minimum Gasteiger partial charge on any atom is -0.497 e. The molecule has 21 heavy (non-hydrogen) atoms. The van der Waals surface area contributed by atoms with Gasteiger partial charge in [0.05, 0.1) is 19.3 Å². The Labute approximate surface area is 125 Å². The van der Waals surface area contributed by atoms with Crippen LogP contribution in [0, 0.1) is 5.92 Å². The Kier molecular flexibility index (Phi) is 4.84. The second-order valence-electron chi connectivity index (χ2n) is 5.18. The fraction of sp³-hybridized carbons (Fsp3) is 0.500. The highest BCUT2D eigenvalue weighted by Gasteiger charge is 2.30. The van der Waals surface area contributed by atoms with Crippen LogP contribution >= 0.6 is 0 Å². The number of carbonyl (C=O) groups is 1. The van der Waals surface area contributed by atoms with Gasteiger partial charge in [-0.05, 0) is 37.1 Å². The monoisotopic (exact) mass is 312 g/mol. The van der Waals surface area contributed by atoms with Crippen molar-refractivity contribution in [2.75, 3.05) is 31.8 Å². The van der Waals surface area contributed by atoms with Crippen LogP contribution in [0.15, 0.2) is 24.3 Å². The summed E-state index contributed by atoms with van der Waals surface area (Å²) < 4.78 is 29.6. The number of nitrogens with zero attached hydrogens (tertiary/aromatic N) is 1. The summed E-state index contributed by atoms with van der Waals surface area (Å²) in [7, 11) is -1.66. The zero-order valence-electron chi connectivity index (χ0n) is 12.2. The van der Waals surface area contributed by atoms with Gasteiger partial charge >= 0.3 is 0 Å². The smallest absolute Gasteiger partial charge is 0.228 e. The number of piperidine rings is 1. The molecule has 1 heterocycles. The maximum atomic E-state index is 12.2. The summed E-state index contributed by atoms with van der Waals surface area (Å²) in [5.74, 6) is 0.262. The number of sulfonamides is 1. The molecule has 116 valence electrons. The number of anilines is 1. The molecule has 0 bridgehead atoms. The van der Waals surface area contributed by atoms with E-state index in [9.17, 15) is 13.2 Å². The second-order valence-corrected chi connectivity index (χ2v) is 7.16. The molecule has 0 aliphatic carbocycles. The zero-order valence-corrected chi connectivity index (χ0v) is 13.0. The van der Waals surface area contributed by atoms with Crippen molar-refractivity contribution in [1.82, 2.24) is 4.31 Å². The van der Waals surface area contributed by atoms with E-state index in [0.29, 0.717) is 30.8 Å². The van der Waals surface area contributed by atoms with E-state index in [-0.39, 0.29) is 18.4 Å².